The molecule has 0 radical (unpaired) electrons. The normalized spacial score (nSPS) is 11.2. The van der Waals surface area contributed by atoms with Crippen molar-refractivity contribution < 1.29 is 19.9 Å². The number of carboxylic acid groups (broad SMARTS) is 1. The second-order valence-electron chi connectivity index (χ2n) is 4.63. The zero-order valence-corrected chi connectivity index (χ0v) is 10.8. The molecule has 0 bridgehead atoms. The monoisotopic (exact) mass is 269 g/mol. The summed E-state index contributed by atoms with van der Waals surface area (Å²) in [7, 11) is 1.51. The van der Waals surface area contributed by atoms with Crippen molar-refractivity contribution in [2.75, 3.05) is 18.6 Å². The van der Waals surface area contributed by atoms with Gasteiger partial charge in [0.05, 0.1) is 17.1 Å². The number of nitrogens with zero attached hydrogens (tertiary/aromatic N) is 3. The summed E-state index contributed by atoms with van der Waals surface area (Å²) in [4.78, 5) is 26.4. The highest BCUT2D eigenvalue weighted by Crippen LogP contribution is 2.29. The zero-order valence-electron chi connectivity index (χ0n) is 10.8. The molecule has 2 N–H and O–H groups in total. The third kappa shape index (κ3) is 2.97. The van der Waals surface area contributed by atoms with Gasteiger partial charge in [-0.3, -0.25) is 10.1 Å². The molecule has 0 aliphatic carbocycles. The lowest BCUT2D eigenvalue weighted by atomic mass is 10.1. The van der Waals surface area contributed by atoms with E-state index in [0.29, 0.717) is 0 Å². The van der Waals surface area contributed by atoms with Crippen LogP contribution in [0.3, 0.4) is 0 Å². The molecule has 0 saturated carbocycles. The lowest BCUT2D eigenvalue weighted by Crippen LogP contribution is -2.45. The van der Waals surface area contributed by atoms with Crippen molar-refractivity contribution in [1.29, 1.82) is 0 Å². The Morgan fingerprint density at radius 3 is 2.53 bits per heavy atom. The molecule has 1 heterocycles. The minimum absolute atomic E-state index is 0.0936. The van der Waals surface area contributed by atoms with Crippen LogP contribution in [0.15, 0.2) is 12.1 Å². The first-order valence-corrected chi connectivity index (χ1v) is 5.44. The van der Waals surface area contributed by atoms with Crippen LogP contribution in [0.4, 0.5) is 11.5 Å². The smallest absolute Gasteiger partial charge is 0.354 e. The highest BCUT2D eigenvalue weighted by atomic mass is 16.6. The predicted octanol–water partition coefficient (Wildman–Crippen LogP) is 0.895. The number of hydrogen-bond donors (Lipinski definition) is 2. The van der Waals surface area contributed by atoms with Crippen molar-refractivity contribution in [1.82, 2.24) is 4.98 Å². The fourth-order valence-corrected chi connectivity index (χ4v) is 1.34. The van der Waals surface area contributed by atoms with E-state index in [2.05, 4.69) is 4.98 Å². The van der Waals surface area contributed by atoms with E-state index in [-0.39, 0.29) is 23.8 Å². The SMILES string of the molecule is CN(c1nc(C(=O)O)ccc1[N+](=O)[O-])C(C)(C)CO. The largest absolute Gasteiger partial charge is 0.477 e. The van der Waals surface area contributed by atoms with Crippen LogP contribution in [0.5, 0.6) is 0 Å². The van der Waals surface area contributed by atoms with Crippen LogP contribution >= 0.6 is 0 Å². The van der Waals surface area contributed by atoms with E-state index in [9.17, 15) is 20.0 Å². The van der Waals surface area contributed by atoms with Gasteiger partial charge < -0.3 is 15.1 Å². The molecule has 19 heavy (non-hydrogen) atoms. The van der Waals surface area contributed by atoms with E-state index < -0.39 is 16.4 Å². The summed E-state index contributed by atoms with van der Waals surface area (Å²) in [6.07, 6.45) is 0. The van der Waals surface area contributed by atoms with Gasteiger partial charge in [-0.2, -0.15) is 0 Å². The van der Waals surface area contributed by atoms with Gasteiger partial charge in [0.1, 0.15) is 0 Å². The van der Waals surface area contributed by atoms with Crippen LogP contribution in [-0.2, 0) is 0 Å². The second kappa shape index (κ2) is 5.19. The molecule has 104 valence electrons. The fourth-order valence-electron chi connectivity index (χ4n) is 1.34. The Labute approximate surface area is 109 Å². The molecule has 0 aromatic carbocycles. The first-order chi connectivity index (χ1) is 8.70. The van der Waals surface area contributed by atoms with Gasteiger partial charge in [-0.1, -0.05) is 0 Å². The Kier molecular flexibility index (Phi) is 4.05. The van der Waals surface area contributed by atoms with Crippen molar-refractivity contribution in [2.45, 2.75) is 19.4 Å². The van der Waals surface area contributed by atoms with Crippen LogP contribution < -0.4 is 4.90 Å². The number of likely N-dealkylation sites (N-methyl/N-ethyl adjacent to an activating group) is 1. The summed E-state index contributed by atoms with van der Waals surface area (Å²) in [5.41, 5.74) is -1.41. The highest BCUT2D eigenvalue weighted by molar-refractivity contribution is 5.86. The van der Waals surface area contributed by atoms with Crippen molar-refractivity contribution in [3.63, 3.8) is 0 Å². The van der Waals surface area contributed by atoms with E-state index >= 15 is 0 Å². The summed E-state index contributed by atoms with van der Waals surface area (Å²) in [5, 5.41) is 29.1. The van der Waals surface area contributed by atoms with Crippen LogP contribution in [-0.4, -0.2) is 45.3 Å². The van der Waals surface area contributed by atoms with Crippen LogP contribution in [0, 0.1) is 10.1 Å². The molecule has 1 aromatic rings. The topological polar surface area (TPSA) is 117 Å². The van der Waals surface area contributed by atoms with Crippen LogP contribution in [0.2, 0.25) is 0 Å². The predicted molar refractivity (Wildman–Crippen MR) is 67.4 cm³/mol. The van der Waals surface area contributed by atoms with Gasteiger partial charge in [0.2, 0.25) is 5.82 Å². The first kappa shape index (κ1) is 14.8. The number of nitro groups is 1. The molecule has 8 nitrogen and oxygen atoms in total. The minimum Gasteiger partial charge on any atom is -0.477 e. The molecule has 1 aromatic heterocycles. The lowest BCUT2D eigenvalue weighted by molar-refractivity contribution is -0.384. The number of aromatic carboxylic acids is 1. The average Bonchev–Trinajstić information content (AvgIpc) is 2.36. The third-order valence-corrected chi connectivity index (χ3v) is 2.88. The molecule has 0 aliphatic rings. The number of pyridine rings is 1. The standard InChI is InChI=1S/C11H15N3O5/c1-11(2,6-15)13(3)9-8(14(18)19)5-4-7(12-9)10(16)17/h4-5,15H,6H2,1-3H3,(H,16,17). The Morgan fingerprint density at radius 2 is 2.11 bits per heavy atom. The average molecular weight is 269 g/mol. The quantitative estimate of drug-likeness (QED) is 0.602. The number of carbonyl (C=O) groups is 1. The van der Waals surface area contributed by atoms with E-state index in [1.54, 1.807) is 13.8 Å². The maximum atomic E-state index is 11.0. The molecule has 0 spiro atoms. The number of rotatable bonds is 5. The molecule has 0 fully saturated rings. The van der Waals surface area contributed by atoms with E-state index in [1.165, 1.54) is 11.9 Å². The molecule has 0 aliphatic heterocycles. The third-order valence-electron chi connectivity index (χ3n) is 2.88. The molecular weight excluding hydrogens is 254 g/mol. The van der Waals surface area contributed by atoms with Crippen molar-refractivity contribution in [3.05, 3.63) is 27.9 Å². The fraction of sp³-hybridized carbons (Fsp3) is 0.455. The number of hydrogen-bond acceptors (Lipinski definition) is 6. The number of aliphatic hydroxyl groups is 1. The number of aliphatic hydroxyl groups excluding tert-OH is 1. The van der Waals surface area contributed by atoms with Crippen molar-refractivity contribution in [3.8, 4) is 0 Å². The van der Waals surface area contributed by atoms with Crippen LogP contribution in [0.25, 0.3) is 0 Å². The van der Waals surface area contributed by atoms with Gasteiger partial charge in [0, 0.05) is 13.1 Å². The Hall–Kier alpha value is -2.22. The molecule has 0 atom stereocenters. The molecule has 1 rings (SSSR count). The molecule has 0 unspecified atom stereocenters. The molecule has 0 amide bonds. The van der Waals surface area contributed by atoms with E-state index in [1.807, 2.05) is 0 Å². The van der Waals surface area contributed by atoms with Gasteiger partial charge in [-0.05, 0) is 19.9 Å². The van der Waals surface area contributed by atoms with Crippen molar-refractivity contribution in [2.24, 2.45) is 0 Å². The highest BCUT2D eigenvalue weighted by Gasteiger charge is 2.30. The minimum atomic E-state index is -1.27. The first-order valence-electron chi connectivity index (χ1n) is 5.44. The molecule has 8 heteroatoms. The molecular formula is C11H15N3O5. The summed E-state index contributed by atoms with van der Waals surface area (Å²) < 4.78 is 0. The van der Waals surface area contributed by atoms with Gasteiger partial charge in [0.15, 0.2) is 5.69 Å². The van der Waals surface area contributed by atoms with Gasteiger partial charge >= 0.3 is 11.7 Å². The zero-order chi connectivity index (χ0) is 14.8. The van der Waals surface area contributed by atoms with Crippen LogP contribution in [0.1, 0.15) is 24.3 Å². The van der Waals surface area contributed by atoms with Gasteiger partial charge in [-0.15, -0.1) is 0 Å². The van der Waals surface area contributed by atoms with Gasteiger partial charge in [0.25, 0.3) is 0 Å². The lowest BCUT2D eigenvalue weighted by Gasteiger charge is -2.34. The van der Waals surface area contributed by atoms with Crippen molar-refractivity contribution >= 4 is 17.5 Å². The Morgan fingerprint density at radius 1 is 1.53 bits per heavy atom. The second-order valence-corrected chi connectivity index (χ2v) is 4.63. The maximum absolute atomic E-state index is 11.0. The Balaban J connectivity index is 3.40. The number of aromatic nitrogens is 1. The van der Waals surface area contributed by atoms with E-state index in [0.717, 1.165) is 12.1 Å². The summed E-state index contributed by atoms with van der Waals surface area (Å²) >= 11 is 0. The summed E-state index contributed by atoms with van der Waals surface area (Å²) in [6.45, 7) is 3.05. The van der Waals surface area contributed by atoms with Gasteiger partial charge in [-0.25, -0.2) is 9.78 Å². The van der Waals surface area contributed by atoms with E-state index in [4.69, 9.17) is 5.11 Å². The maximum Gasteiger partial charge on any atom is 0.354 e. The number of carboxylic acids is 1. The molecule has 0 saturated heterocycles. The summed E-state index contributed by atoms with van der Waals surface area (Å²) in [6, 6.07) is 2.17. The Bertz CT molecular complexity index is 515. The number of anilines is 1. The summed E-state index contributed by atoms with van der Waals surface area (Å²) in [5.74, 6) is -1.37.